The molecule has 180 valence electrons. The quantitative estimate of drug-likeness (QED) is 0.502. The molecule has 1 aliphatic heterocycles. The highest BCUT2D eigenvalue weighted by Gasteiger charge is 2.17. The summed E-state index contributed by atoms with van der Waals surface area (Å²) in [5.74, 6) is 0.604. The van der Waals surface area contributed by atoms with E-state index < -0.39 is 6.16 Å². The molecule has 1 aromatic heterocycles. The number of hydrogen-bond donors (Lipinski definition) is 3. The molecule has 33 heavy (non-hydrogen) atoms. The summed E-state index contributed by atoms with van der Waals surface area (Å²) in [5, 5.41) is 26.0. The van der Waals surface area contributed by atoms with Gasteiger partial charge in [-0.05, 0) is 62.8 Å². The Morgan fingerprint density at radius 2 is 1.79 bits per heavy atom. The summed E-state index contributed by atoms with van der Waals surface area (Å²) in [6.07, 6.45) is 6.77. The van der Waals surface area contributed by atoms with Crippen molar-refractivity contribution in [3.8, 4) is 5.75 Å². The zero-order valence-corrected chi connectivity index (χ0v) is 19.1. The fourth-order valence-corrected chi connectivity index (χ4v) is 4.32. The Morgan fingerprint density at radius 1 is 1.06 bits per heavy atom. The molecule has 1 atom stereocenters. The zero-order valence-electron chi connectivity index (χ0n) is 18.3. The van der Waals surface area contributed by atoms with Gasteiger partial charge in [0.1, 0.15) is 17.4 Å². The number of amides is 1. The standard InChI is InChI=1S/C21H27N3O4S.CH2O3/c25-20(15-8-10-17(11-9-15)28-16-5-2-1-3-6-16)22-21-24-23-19(29-21)14-26-13-18-7-4-12-27-18;2-1(3)4/h8-11,16,18H,1-7,12-14H2,(H,22,24,25);(H2,2,3,4). The van der Waals surface area contributed by atoms with E-state index in [0.29, 0.717) is 30.0 Å². The summed E-state index contributed by atoms with van der Waals surface area (Å²) in [4.78, 5) is 21.0. The Labute approximate surface area is 195 Å². The molecule has 0 radical (unpaired) electrons. The molecule has 1 saturated heterocycles. The van der Waals surface area contributed by atoms with Crippen molar-refractivity contribution in [1.82, 2.24) is 10.2 Å². The minimum Gasteiger partial charge on any atom is -0.490 e. The lowest BCUT2D eigenvalue weighted by atomic mass is 9.98. The van der Waals surface area contributed by atoms with Crippen molar-refractivity contribution in [2.75, 3.05) is 18.5 Å². The normalized spacial score (nSPS) is 18.2. The highest BCUT2D eigenvalue weighted by Crippen LogP contribution is 2.24. The van der Waals surface area contributed by atoms with Crippen LogP contribution in [0, 0.1) is 0 Å². The molecule has 11 heteroatoms. The van der Waals surface area contributed by atoms with Crippen LogP contribution in [0.25, 0.3) is 0 Å². The van der Waals surface area contributed by atoms with Crippen molar-refractivity contribution in [2.24, 2.45) is 0 Å². The summed E-state index contributed by atoms with van der Waals surface area (Å²) < 4.78 is 17.2. The zero-order chi connectivity index (χ0) is 23.5. The van der Waals surface area contributed by atoms with Gasteiger partial charge in [0.2, 0.25) is 5.13 Å². The van der Waals surface area contributed by atoms with E-state index in [1.54, 1.807) is 12.1 Å². The molecule has 1 unspecified atom stereocenters. The van der Waals surface area contributed by atoms with E-state index in [2.05, 4.69) is 15.5 Å². The van der Waals surface area contributed by atoms with Crippen LogP contribution >= 0.6 is 11.3 Å². The summed E-state index contributed by atoms with van der Waals surface area (Å²) in [7, 11) is 0. The SMILES string of the molecule is O=C(Nc1nnc(COCC2CCCO2)s1)c1ccc(OC2CCCCC2)cc1.O=C(O)O. The second kappa shape index (κ2) is 13.1. The van der Waals surface area contributed by atoms with E-state index in [4.69, 9.17) is 29.2 Å². The monoisotopic (exact) mass is 479 g/mol. The summed E-state index contributed by atoms with van der Waals surface area (Å²) >= 11 is 1.32. The molecular formula is C22H29N3O7S. The van der Waals surface area contributed by atoms with Crippen molar-refractivity contribution >= 4 is 28.5 Å². The van der Waals surface area contributed by atoms with Crippen molar-refractivity contribution in [1.29, 1.82) is 0 Å². The second-order valence-corrected chi connectivity index (χ2v) is 8.85. The van der Waals surface area contributed by atoms with Crippen LogP contribution in [-0.4, -0.2) is 57.9 Å². The van der Waals surface area contributed by atoms with Crippen molar-refractivity contribution in [3.63, 3.8) is 0 Å². The first-order chi connectivity index (χ1) is 16.0. The van der Waals surface area contributed by atoms with Crippen molar-refractivity contribution < 1.29 is 34.0 Å². The van der Waals surface area contributed by atoms with Gasteiger partial charge in [-0.1, -0.05) is 17.8 Å². The van der Waals surface area contributed by atoms with E-state index in [1.807, 2.05) is 12.1 Å². The third kappa shape index (κ3) is 8.95. The van der Waals surface area contributed by atoms with Gasteiger partial charge in [0, 0.05) is 12.2 Å². The van der Waals surface area contributed by atoms with Crippen LogP contribution in [0.3, 0.4) is 0 Å². The van der Waals surface area contributed by atoms with Crippen LogP contribution in [0.2, 0.25) is 0 Å². The molecule has 0 bridgehead atoms. The average molecular weight is 480 g/mol. The largest absolute Gasteiger partial charge is 0.503 e. The van der Waals surface area contributed by atoms with Gasteiger partial charge in [-0.2, -0.15) is 0 Å². The van der Waals surface area contributed by atoms with Crippen LogP contribution in [0.4, 0.5) is 9.93 Å². The Bertz CT molecular complexity index is 874. The Kier molecular flexibility index (Phi) is 9.85. The number of carbonyl (C=O) groups is 2. The maximum Gasteiger partial charge on any atom is 0.503 e. The average Bonchev–Trinajstić information content (AvgIpc) is 3.47. The molecule has 2 fully saturated rings. The number of anilines is 1. The smallest absolute Gasteiger partial charge is 0.490 e. The minimum atomic E-state index is -1.83. The molecule has 1 aromatic carbocycles. The number of carboxylic acid groups (broad SMARTS) is 2. The molecule has 4 rings (SSSR count). The molecule has 3 N–H and O–H groups in total. The Morgan fingerprint density at radius 3 is 2.45 bits per heavy atom. The van der Waals surface area contributed by atoms with E-state index in [0.717, 1.165) is 43.0 Å². The van der Waals surface area contributed by atoms with Crippen LogP contribution in [0.1, 0.15) is 60.3 Å². The first kappa shape index (κ1) is 24.9. The van der Waals surface area contributed by atoms with Crippen molar-refractivity contribution in [3.05, 3.63) is 34.8 Å². The van der Waals surface area contributed by atoms with E-state index in [-0.39, 0.29) is 12.0 Å². The maximum atomic E-state index is 12.5. The van der Waals surface area contributed by atoms with Crippen LogP contribution in [0.15, 0.2) is 24.3 Å². The lowest BCUT2D eigenvalue weighted by Crippen LogP contribution is -2.19. The summed E-state index contributed by atoms with van der Waals surface area (Å²) in [6.45, 7) is 1.76. The van der Waals surface area contributed by atoms with Gasteiger partial charge >= 0.3 is 6.16 Å². The molecule has 10 nitrogen and oxygen atoms in total. The topological polar surface area (TPSA) is 140 Å². The molecule has 1 aliphatic carbocycles. The predicted octanol–water partition coefficient (Wildman–Crippen LogP) is 4.42. The molecule has 2 heterocycles. The minimum absolute atomic E-state index is 0.187. The first-order valence-electron chi connectivity index (χ1n) is 11.0. The number of nitrogens with zero attached hydrogens (tertiary/aromatic N) is 2. The fourth-order valence-electron chi connectivity index (χ4n) is 3.65. The molecular weight excluding hydrogens is 450 g/mol. The van der Waals surface area contributed by atoms with Crippen molar-refractivity contribution in [2.45, 2.75) is 63.8 Å². The van der Waals surface area contributed by atoms with Gasteiger partial charge in [0.25, 0.3) is 5.91 Å². The van der Waals surface area contributed by atoms with Gasteiger partial charge in [-0.3, -0.25) is 10.1 Å². The fraction of sp³-hybridized carbons (Fsp3) is 0.545. The molecule has 2 aromatic rings. The molecule has 1 saturated carbocycles. The number of hydrogen-bond acceptors (Lipinski definition) is 8. The first-order valence-corrected chi connectivity index (χ1v) is 11.8. The third-order valence-electron chi connectivity index (χ3n) is 5.21. The Balaban J connectivity index is 0.000000709. The lowest BCUT2D eigenvalue weighted by molar-refractivity contribution is 0.0104. The van der Waals surface area contributed by atoms with Crippen LogP contribution in [-0.2, 0) is 16.1 Å². The highest BCUT2D eigenvalue weighted by molar-refractivity contribution is 7.15. The van der Waals surface area contributed by atoms with E-state index >= 15 is 0 Å². The van der Waals surface area contributed by atoms with E-state index in [9.17, 15) is 4.79 Å². The third-order valence-corrected chi connectivity index (χ3v) is 6.02. The van der Waals surface area contributed by atoms with E-state index in [1.165, 1.54) is 30.6 Å². The van der Waals surface area contributed by atoms with Crippen LogP contribution < -0.4 is 10.1 Å². The summed E-state index contributed by atoms with van der Waals surface area (Å²) in [5.41, 5.74) is 0.562. The molecule has 2 aliphatic rings. The molecule has 1 amide bonds. The second-order valence-electron chi connectivity index (χ2n) is 7.79. The number of rotatable bonds is 8. The number of benzene rings is 1. The number of carbonyl (C=O) groups excluding carboxylic acids is 1. The predicted molar refractivity (Wildman–Crippen MR) is 121 cm³/mol. The lowest BCUT2D eigenvalue weighted by Gasteiger charge is -2.23. The number of aromatic nitrogens is 2. The van der Waals surface area contributed by atoms with Gasteiger partial charge in [0.15, 0.2) is 0 Å². The Hall–Kier alpha value is -2.76. The van der Waals surface area contributed by atoms with Gasteiger partial charge in [-0.25, -0.2) is 4.79 Å². The summed E-state index contributed by atoms with van der Waals surface area (Å²) in [6, 6.07) is 7.27. The van der Waals surface area contributed by atoms with Gasteiger partial charge in [-0.15, -0.1) is 10.2 Å². The van der Waals surface area contributed by atoms with Gasteiger partial charge in [0.05, 0.1) is 18.8 Å². The molecule has 0 spiro atoms. The van der Waals surface area contributed by atoms with Crippen LogP contribution in [0.5, 0.6) is 5.75 Å². The highest BCUT2D eigenvalue weighted by atomic mass is 32.1. The number of nitrogens with one attached hydrogen (secondary N) is 1. The van der Waals surface area contributed by atoms with Gasteiger partial charge < -0.3 is 24.4 Å². The number of ether oxygens (including phenoxy) is 3. The maximum absolute atomic E-state index is 12.5.